The molecule has 11 nitrogen and oxygen atoms in total. The number of hydrogen-bond acceptors (Lipinski definition) is 7. The van der Waals surface area contributed by atoms with Gasteiger partial charge in [0, 0.05) is 29.1 Å². The average Bonchev–Trinajstić information content (AvgIpc) is 3.17. The Morgan fingerprint density at radius 2 is 1.71 bits per heavy atom. The summed E-state index contributed by atoms with van der Waals surface area (Å²) in [7, 11) is -4.03. The molecule has 0 saturated carbocycles. The van der Waals surface area contributed by atoms with Crippen molar-refractivity contribution in [1.82, 2.24) is 4.72 Å². The number of carbonyl (C=O) groups is 2. The van der Waals surface area contributed by atoms with Gasteiger partial charge in [-0.05, 0) is 35.9 Å². The van der Waals surface area contributed by atoms with Crippen LogP contribution in [0.25, 0.3) is 11.3 Å². The van der Waals surface area contributed by atoms with Gasteiger partial charge in [0.15, 0.2) is 0 Å². The third-order valence-corrected chi connectivity index (χ3v) is 6.54. The third kappa shape index (κ3) is 5.03. The van der Waals surface area contributed by atoms with Crippen LogP contribution in [0.1, 0.15) is 11.1 Å². The van der Waals surface area contributed by atoms with Gasteiger partial charge in [-0.1, -0.05) is 30.3 Å². The highest BCUT2D eigenvalue weighted by molar-refractivity contribution is 7.89. The third-order valence-electron chi connectivity index (χ3n) is 5.12. The van der Waals surface area contributed by atoms with Crippen LogP contribution >= 0.6 is 0 Å². The van der Waals surface area contributed by atoms with Gasteiger partial charge in [-0.3, -0.25) is 19.7 Å². The number of nitro benzene ring substituents is 1. The molecule has 0 spiro atoms. The maximum absolute atomic E-state index is 12.9. The number of benzene rings is 3. The number of sulfonamides is 1. The molecule has 0 saturated heterocycles. The van der Waals surface area contributed by atoms with E-state index in [1.807, 2.05) is 4.72 Å². The van der Waals surface area contributed by atoms with Crippen molar-refractivity contribution >= 4 is 50.2 Å². The first-order valence-corrected chi connectivity index (χ1v) is 11.6. The topological polar surface area (TPSA) is 168 Å². The molecule has 1 heterocycles. The smallest absolute Gasteiger partial charge is 0.318 e. The van der Waals surface area contributed by atoms with Gasteiger partial charge in [0.2, 0.25) is 10.0 Å². The summed E-state index contributed by atoms with van der Waals surface area (Å²) in [5.41, 5.74) is 2.21. The average molecular weight is 494 g/mol. The monoisotopic (exact) mass is 494 g/mol. The minimum Gasteiger partial charge on any atom is -0.480 e. The van der Waals surface area contributed by atoms with Crippen LogP contribution in [0, 0.1) is 10.1 Å². The molecule has 35 heavy (non-hydrogen) atoms. The lowest BCUT2D eigenvalue weighted by Gasteiger charge is -2.15. The van der Waals surface area contributed by atoms with E-state index in [9.17, 15) is 28.1 Å². The van der Waals surface area contributed by atoms with E-state index in [1.54, 1.807) is 30.3 Å². The zero-order chi connectivity index (χ0) is 25.2. The van der Waals surface area contributed by atoms with Gasteiger partial charge in [0.25, 0.3) is 11.6 Å². The van der Waals surface area contributed by atoms with Crippen LogP contribution in [-0.4, -0.2) is 36.9 Å². The van der Waals surface area contributed by atoms with Crippen molar-refractivity contribution in [2.45, 2.75) is 4.90 Å². The molecule has 4 N–H and O–H groups in total. The molecule has 1 aliphatic heterocycles. The molecule has 0 aromatic heterocycles. The highest BCUT2D eigenvalue weighted by Gasteiger charge is 2.30. The molecule has 12 heteroatoms. The van der Waals surface area contributed by atoms with E-state index >= 15 is 0 Å². The molecule has 0 atom stereocenters. The van der Waals surface area contributed by atoms with Crippen LogP contribution < -0.4 is 15.4 Å². The number of anilines is 2. The summed E-state index contributed by atoms with van der Waals surface area (Å²) in [6, 6.07) is 18.4. The van der Waals surface area contributed by atoms with Crippen LogP contribution in [-0.2, 0) is 19.6 Å². The molecule has 0 aliphatic carbocycles. The minimum absolute atomic E-state index is 0.141. The van der Waals surface area contributed by atoms with Gasteiger partial charge in [0.1, 0.15) is 6.54 Å². The molecule has 1 amide bonds. The molecule has 3 aromatic rings. The number of carbonyl (C=O) groups excluding carboxylic acids is 1. The van der Waals surface area contributed by atoms with Gasteiger partial charge in [0.05, 0.1) is 21.1 Å². The number of rotatable bonds is 8. The largest absolute Gasteiger partial charge is 0.480 e. The highest BCUT2D eigenvalue weighted by atomic mass is 32.2. The zero-order valence-electron chi connectivity index (χ0n) is 17.9. The van der Waals surface area contributed by atoms with Crippen molar-refractivity contribution < 1.29 is 28.0 Å². The Hall–Kier alpha value is -4.55. The maximum atomic E-state index is 12.9. The number of carboxylic acids is 1. The fraction of sp³-hybridized carbons (Fsp3) is 0.0435. The molecular weight excluding hydrogens is 476 g/mol. The van der Waals surface area contributed by atoms with Crippen LogP contribution in [0.3, 0.4) is 0 Å². The van der Waals surface area contributed by atoms with E-state index in [2.05, 4.69) is 10.6 Å². The molecule has 1 aliphatic rings. The summed E-state index contributed by atoms with van der Waals surface area (Å²) in [6.07, 6.45) is 0. The molecule has 0 unspecified atom stereocenters. The van der Waals surface area contributed by atoms with Crippen LogP contribution in [0.4, 0.5) is 17.1 Å². The summed E-state index contributed by atoms with van der Waals surface area (Å²) in [4.78, 5) is 34.2. The zero-order valence-corrected chi connectivity index (χ0v) is 18.7. The van der Waals surface area contributed by atoms with Crippen molar-refractivity contribution in [3.8, 4) is 0 Å². The molecular formula is C23H18N4O7S. The lowest BCUT2D eigenvalue weighted by molar-refractivity contribution is -0.384. The van der Waals surface area contributed by atoms with Gasteiger partial charge in [-0.25, -0.2) is 8.42 Å². The van der Waals surface area contributed by atoms with E-state index < -0.39 is 33.4 Å². The van der Waals surface area contributed by atoms with Crippen molar-refractivity contribution in [3.05, 3.63) is 94.0 Å². The number of aliphatic carboxylic acids is 1. The first-order valence-electron chi connectivity index (χ1n) is 10.1. The molecule has 3 aromatic carbocycles. The number of nitrogens with zero attached hydrogens (tertiary/aromatic N) is 1. The normalized spacial score (nSPS) is 14.1. The number of nitrogens with one attached hydrogen (secondary N) is 3. The lowest BCUT2D eigenvalue weighted by atomic mass is 9.99. The Kier molecular flexibility index (Phi) is 6.32. The number of fused-ring (bicyclic) bond motifs is 1. The number of amides is 1. The Labute approximate surface area is 199 Å². The second-order valence-corrected chi connectivity index (χ2v) is 9.19. The maximum Gasteiger partial charge on any atom is 0.318 e. The first kappa shape index (κ1) is 23.6. The van der Waals surface area contributed by atoms with E-state index in [-0.39, 0.29) is 16.2 Å². The second-order valence-electron chi connectivity index (χ2n) is 7.42. The quantitative estimate of drug-likeness (QED) is 0.211. The van der Waals surface area contributed by atoms with E-state index in [4.69, 9.17) is 5.11 Å². The lowest BCUT2D eigenvalue weighted by Crippen LogP contribution is -2.29. The standard InChI is InChI=1S/C23H18N4O7S/c28-20(29)13-24-35(33,34)17-9-6-15(7-10-17)25-22(14-4-2-1-3-5-14)21-18-12-16(27(31)32)8-11-19(18)26-23(21)30/h1-12,24-25H,13H2,(H,26,30)(H,28,29). The SMILES string of the molecule is O=C(O)CNS(=O)(=O)c1ccc(NC(=C2C(=O)Nc3ccc([N+](=O)[O-])cc32)c2ccccc2)cc1. The van der Waals surface area contributed by atoms with E-state index in [0.717, 1.165) is 0 Å². The van der Waals surface area contributed by atoms with Crippen molar-refractivity contribution in [3.63, 3.8) is 0 Å². The number of nitro groups is 1. The van der Waals surface area contributed by atoms with Gasteiger partial charge in [-0.15, -0.1) is 0 Å². The molecule has 0 fully saturated rings. The van der Waals surface area contributed by atoms with Gasteiger partial charge >= 0.3 is 5.97 Å². The Bertz CT molecular complexity index is 1470. The molecule has 0 bridgehead atoms. The van der Waals surface area contributed by atoms with E-state index in [0.29, 0.717) is 28.2 Å². The molecule has 0 radical (unpaired) electrons. The fourth-order valence-electron chi connectivity index (χ4n) is 3.50. The highest BCUT2D eigenvalue weighted by Crippen LogP contribution is 2.39. The molecule has 178 valence electrons. The summed E-state index contributed by atoms with van der Waals surface area (Å²) in [6.45, 7) is -0.757. The first-order chi connectivity index (χ1) is 16.7. The van der Waals surface area contributed by atoms with Crippen molar-refractivity contribution in [1.29, 1.82) is 0 Å². The summed E-state index contributed by atoms with van der Waals surface area (Å²) < 4.78 is 26.5. The summed E-state index contributed by atoms with van der Waals surface area (Å²) in [5.74, 6) is -1.77. The van der Waals surface area contributed by atoms with Crippen LogP contribution in [0.2, 0.25) is 0 Å². The predicted octanol–water partition coefficient (Wildman–Crippen LogP) is 2.89. The predicted molar refractivity (Wildman–Crippen MR) is 128 cm³/mol. The number of non-ortho nitro benzene ring substituents is 1. The van der Waals surface area contributed by atoms with Crippen molar-refractivity contribution in [2.24, 2.45) is 0 Å². The fourth-order valence-corrected chi connectivity index (χ4v) is 4.48. The molecule has 4 rings (SSSR count). The van der Waals surface area contributed by atoms with Crippen LogP contribution in [0.5, 0.6) is 0 Å². The Balaban J connectivity index is 1.76. The minimum atomic E-state index is -4.03. The number of hydrogen-bond donors (Lipinski definition) is 4. The van der Waals surface area contributed by atoms with Crippen molar-refractivity contribution in [2.75, 3.05) is 17.2 Å². The number of carboxylic acid groups (broad SMARTS) is 1. The van der Waals surface area contributed by atoms with E-state index in [1.165, 1.54) is 42.5 Å². The van der Waals surface area contributed by atoms with Gasteiger partial charge in [-0.2, -0.15) is 4.72 Å². The Morgan fingerprint density at radius 1 is 1.03 bits per heavy atom. The summed E-state index contributed by atoms with van der Waals surface area (Å²) in [5, 5.41) is 25.8. The second kappa shape index (κ2) is 9.37. The Morgan fingerprint density at radius 3 is 2.34 bits per heavy atom. The summed E-state index contributed by atoms with van der Waals surface area (Å²) >= 11 is 0. The van der Waals surface area contributed by atoms with Crippen LogP contribution in [0.15, 0.2) is 77.7 Å². The van der Waals surface area contributed by atoms with Gasteiger partial charge < -0.3 is 15.7 Å².